The van der Waals surface area contributed by atoms with Crippen molar-refractivity contribution in [2.75, 3.05) is 0 Å². The second-order valence-electron chi connectivity index (χ2n) is 5.36. The lowest BCUT2D eigenvalue weighted by atomic mass is 9.84. The zero-order valence-corrected chi connectivity index (χ0v) is 11.0. The van der Waals surface area contributed by atoms with E-state index in [4.69, 9.17) is 0 Å². The molecule has 2 heteroatoms. The molecule has 0 aromatic carbocycles. The van der Waals surface area contributed by atoms with E-state index in [1.54, 1.807) is 0 Å². The van der Waals surface area contributed by atoms with E-state index < -0.39 is 0 Å². The average molecular weight is 232 g/mol. The minimum atomic E-state index is 0.403. The van der Waals surface area contributed by atoms with Crippen LogP contribution in [-0.4, -0.2) is 11.0 Å². The van der Waals surface area contributed by atoms with Crippen LogP contribution in [0.25, 0.3) is 0 Å². The average Bonchev–Trinajstić information content (AvgIpc) is 2.40. The van der Waals surface area contributed by atoms with Gasteiger partial charge >= 0.3 is 0 Å². The molecule has 17 heavy (non-hydrogen) atoms. The third-order valence-electron chi connectivity index (χ3n) is 4.05. The van der Waals surface area contributed by atoms with Crippen molar-refractivity contribution in [2.24, 2.45) is 5.92 Å². The molecule has 2 nitrogen and oxygen atoms in total. The number of pyridine rings is 1. The van der Waals surface area contributed by atoms with Gasteiger partial charge in [-0.25, -0.2) is 0 Å². The summed E-state index contributed by atoms with van der Waals surface area (Å²) in [5.41, 5.74) is 1.29. The number of aromatic nitrogens is 1. The Morgan fingerprint density at radius 2 is 2.00 bits per heavy atom. The first-order valence-electron chi connectivity index (χ1n) is 6.93. The van der Waals surface area contributed by atoms with Crippen LogP contribution < -0.4 is 5.32 Å². The molecule has 0 spiro atoms. The Balaban J connectivity index is 1.87. The van der Waals surface area contributed by atoms with Gasteiger partial charge in [-0.1, -0.05) is 25.3 Å². The Morgan fingerprint density at radius 3 is 2.65 bits per heavy atom. The summed E-state index contributed by atoms with van der Waals surface area (Å²) < 4.78 is 0. The van der Waals surface area contributed by atoms with Crippen molar-refractivity contribution < 1.29 is 0 Å². The Labute approximate surface area is 105 Å². The zero-order valence-electron chi connectivity index (χ0n) is 11.0. The third-order valence-corrected chi connectivity index (χ3v) is 4.05. The summed E-state index contributed by atoms with van der Waals surface area (Å²) in [5.74, 6) is 0.864. The Morgan fingerprint density at radius 1 is 1.24 bits per heavy atom. The zero-order chi connectivity index (χ0) is 12.1. The second-order valence-corrected chi connectivity index (χ2v) is 5.36. The summed E-state index contributed by atoms with van der Waals surface area (Å²) in [6, 6.07) is 5.18. The van der Waals surface area contributed by atoms with Crippen LogP contribution in [0.1, 0.15) is 57.6 Å². The normalized spacial score (nSPS) is 21.1. The van der Waals surface area contributed by atoms with Crippen LogP contribution in [0.3, 0.4) is 0 Å². The van der Waals surface area contributed by atoms with Gasteiger partial charge in [-0.2, -0.15) is 0 Å². The summed E-state index contributed by atoms with van der Waals surface area (Å²) in [6.45, 7) is 4.57. The number of nitrogens with one attached hydrogen (secondary N) is 1. The molecular weight excluding hydrogens is 208 g/mol. The van der Waals surface area contributed by atoms with Crippen molar-refractivity contribution in [3.8, 4) is 0 Å². The quantitative estimate of drug-likeness (QED) is 0.856. The highest BCUT2D eigenvalue weighted by Crippen LogP contribution is 2.27. The lowest BCUT2D eigenvalue weighted by Gasteiger charge is -2.30. The van der Waals surface area contributed by atoms with Crippen LogP contribution in [0.2, 0.25) is 0 Å². The van der Waals surface area contributed by atoms with Crippen molar-refractivity contribution >= 4 is 0 Å². The van der Waals surface area contributed by atoms with Gasteiger partial charge in [-0.3, -0.25) is 4.98 Å². The molecule has 1 heterocycles. The Bertz CT molecular complexity index is 317. The molecule has 1 aliphatic carbocycles. The fourth-order valence-corrected chi connectivity index (χ4v) is 2.89. The van der Waals surface area contributed by atoms with Crippen LogP contribution >= 0.6 is 0 Å². The van der Waals surface area contributed by atoms with E-state index in [2.05, 4.69) is 30.2 Å². The fraction of sp³-hybridized carbons (Fsp3) is 0.667. The van der Waals surface area contributed by atoms with Crippen LogP contribution in [-0.2, 0) is 0 Å². The molecule has 0 radical (unpaired) electrons. The molecule has 2 rings (SSSR count). The van der Waals surface area contributed by atoms with Crippen molar-refractivity contribution in [3.05, 3.63) is 30.1 Å². The standard InChI is InChI=1S/C15H24N2/c1-12(14-7-4-3-5-8-14)17-13(2)15-9-6-10-16-11-15/h6,9-14,17H,3-5,7-8H2,1-2H3. The molecule has 1 fully saturated rings. The van der Waals surface area contributed by atoms with E-state index in [1.165, 1.54) is 37.7 Å². The van der Waals surface area contributed by atoms with Gasteiger partial charge in [-0.05, 0) is 44.2 Å². The highest BCUT2D eigenvalue weighted by atomic mass is 14.9. The van der Waals surface area contributed by atoms with Gasteiger partial charge in [0.15, 0.2) is 0 Å². The highest BCUT2D eigenvalue weighted by molar-refractivity contribution is 5.13. The van der Waals surface area contributed by atoms with Crippen molar-refractivity contribution in [1.82, 2.24) is 10.3 Å². The molecule has 0 bridgehead atoms. The maximum Gasteiger partial charge on any atom is 0.0315 e. The number of hydrogen-bond acceptors (Lipinski definition) is 2. The van der Waals surface area contributed by atoms with Gasteiger partial charge in [0.2, 0.25) is 0 Å². The Kier molecular flexibility index (Phi) is 4.55. The van der Waals surface area contributed by atoms with Gasteiger partial charge in [0.05, 0.1) is 0 Å². The number of rotatable bonds is 4. The first kappa shape index (κ1) is 12.6. The predicted octanol–water partition coefficient (Wildman–Crippen LogP) is 3.70. The molecule has 1 aromatic heterocycles. The third kappa shape index (κ3) is 3.53. The molecule has 1 N–H and O–H groups in total. The van der Waals surface area contributed by atoms with Crippen molar-refractivity contribution in [2.45, 2.75) is 58.0 Å². The van der Waals surface area contributed by atoms with Crippen LogP contribution in [0.5, 0.6) is 0 Å². The van der Waals surface area contributed by atoms with E-state index >= 15 is 0 Å². The second kappa shape index (κ2) is 6.15. The van der Waals surface area contributed by atoms with Gasteiger partial charge < -0.3 is 5.32 Å². The fourth-order valence-electron chi connectivity index (χ4n) is 2.89. The first-order chi connectivity index (χ1) is 8.27. The molecule has 1 saturated carbocycles. The number of hydrogen-bond donors (Lipinski definition) is 1. The lowest BCUT2D eigenvalue weighted by molar-refractivity contribution is 0.268. The smallest absolute Gasteiger partial charge is 0.0315 e. The van der Waals surface area contributed by atoms with Crippen LogP contribution in [0, 0.1) is 5.92 Å². The van der Waals surface area contributed by atoms with E-state index in [-0.39, 0.29) is 0 Å². The molecule has 0 aliphatic heterocycles. The summed E-state index contributed by atoms with van der Waals surface area (Å²) in [4.78, 5) is 4.19. The van der Waals surface area contributed by atoms with E-state index in [9.17, 15) is 0 Å². The number of nitrogens with zero attached hydrogens (tertiary/aromatic N) is 1. The van der Waals surface area contributed by atoms with Gasteiger partial charge in [-0.15, -0.1) is 0 Å². The summed E-state index contributed by atoms with van der Waals surface area (Å²) in [7, 11) is 0. The molecule has 1 aliphatic rings. The summed E-state index contributed by atoms with van der Waals surface area (Å²) in [5, 5.41) is 3.73. The van der Waals surface area contributed by atoms with Crippen molar-refractivity contribution in [1.29, 1.82) is 0 Å². The van der Waals surface area contributed by atoms with Gasteiger partial charge in [0.1, 0.15) is 0 Å². The monoisotopic (exact) mass is 232 g/mol. The molecule has 94 valence electrons. The topological polar surface area (TPSA) is 24.9 Å². The van der Waals surface area contributed by atoms with E-state index in [0.717, 1.165) is 5.92 Å². The molecule has 0 saturated heterocycles. The summed E-state index contributed by atoms with van der Waals surface area (Å²) >= 11 is 0. The maximum atomic E-state index is 4.19. The predicted molar refractivity (Wildman–Crippen MR) is 71.8 cm³/mol. The highest BCUT2D eigenvalue weighted by Gasteiger charge is 2.21. The largest absolute Gasteiger partial charge is 0.307 e. The SMILES string of the molecule is CC(NC(C)C1CCCCC1)c1cccnc1. The van der Waals surface area contributed by atoms with Crippen LogP contribution in [0.15, 0.2) is 24.5 Å². The van der Waals surface area contributed by atoms with Gasteiger partial charge in [0.25, 0.3) is 0 Å². The molecule has 2 unspecified atom stereocenters. The molecule has 1 aromatic rings. The van der Waals surface area contributed by atoms with Gasteiger partial charge in [0, 0.05) is 24.5 Å². The molecule has 0 amide bonds. The minimum absolute atomic E-state index is 0.403. The minimum Gasteiger partial charge on any atom is -0.307 e. The van der Waals surface area contributed by atoms with E-state index in [0.29, 0.717) is 12.1 Å². The van der Waals surface area contributed by atoms with E-state index in [1.807, 2.05) is 18.5 Å². The Hall–Kier alpha value is -0.890. The van der Waals surface area contributed by atoms with Crippen molar-refractivity contribution in [3.63, 3.8) is 0 Å². The molecule has 2 atom stereocenters. The summed E-state index contributed by atoms with van der Waals surface area (Å²) in [6.07, 6.45) is 10.9. The molecular formula is C15H24N2. The first-order valence-corrected chi connectivity index (χ1v) is 6.93. The lowest BCUT2D eigenvalue weighted by Crippen LogP contribution is -2.36. The maximum absolute atomic E-state index is 4.19. The van der Waals surface area contributed by atoms with Crippen LogP contribution in [0.4, 0.5) is 0 Å².